The fourth-order valence-electron chi connectivity index (χ4n) is 2.35. The number of carbonyl (C=O) groups is 1. The van der Waals surface area contributed by atoms with Crippen LogP contribution in [0, 0.1) is 22.0 Å². The Labute approximate surface area is 114 Å². The number of anilines is 1. The second-order valence-electron chi connectivity index (χ2n) is 4.72. The average Bonchev–Trinajstić information content (AvgIpc) is 2.71. The van der Waals surface area contributed by atoms with Gasteiger partial charge in [0.1, 0.15) is 0 Å². The van der Waals surface area contributed by atoms with E-state index in [1.165, 1.54) is 12.1 Å². The molecule has 2 atom stereocenters. The summed E-state index contributed by atoms with van der Waals surface area (Å²) in [5, 5.41) is 20.0. The predicted octanol–water partition coefficient (Wildman–Crippen LogP) is 2.41. The van der Waals surface area contributed by atoms with Crippen molar-refractivity contribution >= 4 is 28.9 Å². The quantitative estimate of drug-likeness (QED) is 0.680. The molecule has 1 fully saturated rings. The van der Waals surface area contributed by atoms with Crippen molar-refractivity contribution in [3.05, 3.63) is 33.3 Å². The first-order valence-electron chi connectivity index (χ1n) is 5.82. The lowest BCUT2D eigenvalue weighted by Crippen LogP contribution is -2.23. The van der Waals surface area contributed by atoms with Gasteiger partial charge >= 0.3 is 5.97 Å². The maximum atomic E-state index is 11.1. The summed E-state index contributed by atoms with van der Waals surface area (Å²) in [5.41, 5.74) is 0.568. The van der Waals surface area contributed by atoms with E-state index in [2.05, 4.69) is 0 Å². The molecular formula is C12H13ClN2O4. The van der Waals surface area contributed by atoms with Crippen molar-refractivity contribution in [2.45, 2.75) is 6.92 Å². The van der Waals surface area contributed by atoms with Crippen LogP contribution in [0.25, 0.3) is 0 Å². The van der Waals surface area contributed by atoms with E-state index < -0.39 is 16.8 Å². The van der Waals surface area contributed by atoms with Crippen molar-refractivity contribution in [3.63, 3.8) is 0 Å². The molecule has 1 aliphatic heterocycles. The van der Waals surface area contributed by atoms with Crippen LogP contribution in [0.15, 0.2) is 18.2 Å². The molecule has 1 aromatic carbocycles. The van der Waals surface area contributed by atoms with Crippen molar-refractivity contribution < 1.29 is 14.8 Å². The number of carboxylic acid groups (broad SMARTS) is 1. The molecule has 6 nitrogen and oxygen atoms in total. The number of benzene rings is 1. The molecule has 19 heavy (non-hydrogen) atoms. The maximum absolute atomic E-state index is 11.1. The highest BCUT2D eigenvalue weighted by Gasteiger charge is 2.35. The number of nitro groups is 1. The normalized spacial score (nSPS) is 22.5. The van der Waals surface area contributed by atoms with E-state index in [9.17, 15) is 14.9 Å². The molecule has 0 saturated carbocycles. The number of nitrogens with zero attached hydrogens (tertiary/aromatic N) is 2. The summed E-state index contributed by atoms with van der Waals surface area (Å²) < 4.78 is 0. The largest absolute Gasteiger partial charge is 0.481 e. The molecule has 0 spiro atoms. The SMILES string of the molecule is C[C@@H]1CN(c2ccc([N+](=O)[O-])cc2Cl)C[C@H]1C(=O)O. The summed E-state index contributed by atoms with van der Waals surface area (Å²) >= 11 is 6.03. The molecule has 0 unspecified atom stereocenters. The molecule has 1 heterocycles. The van der Waals surface area contributed by atoms with Gasteiger partial charge in [-0.25, -0.2) is 0 Å². The summed E-state index contributed by atoms with van der Waals surface area (Å²) in [7, 11) is 0. The van der Waals surface area contributed by atoms with Crippen LogP contribution in [0.4, 0.5) is 11.4 Å². The third-order valence-electron chi connectivity index (χ3n) is 3.41. The Hall–Kier alpha value is -1.82. The number of non-ortho nitro benzene ring substituents is 1. The number of hydrogen-bond acceptors (Lipinski definition) is 4. The van der Waals surface area contributed by atoms with Crippen molar-refractivity contribution in [3.8, 4) is 0 Å². The van der Waals surface area contributed by atoms with E-state index in [1.54, 1.807) is 6.07 Å². The number of nitro benzene ring substituents is 1. The van der Waals surface area contributed by atoms with Gasteiger partial charge in [0.2, 0.25) is 0 Å². The molecule has 0 amide bonds. The molecule has 2 rings (SSSR count). The van der Waals surface area contributed by atoms with Gasteiger partial charge in [0.15, 0.2) is 0 Å². The zero-order valence-electron chi connectivity index (χ0n) is 10.2. The van der Waals surface area contributed by atoms with Gasteiger partial charge in [0.25, 0.3) is 5.69 Å². The fraction of sp³-hybridized carbons (Fsp3) is 0.417. The van der Waals surface area contributed by atoms with Gasteiger partial charge in [-0.05, 0) is 12.0 Å². The van der Waals surface area contributed by atoms with E-state index in [-0.39, 0.29) is 16.6 Å². The van der Waals surface area contributed by atoms with E-state index >= 15 is 0 Å². The zero-order valence-corrected chi connectivity index (χ0v) is 11.0. The summed E-state index contributed by atoms with van der Waals surface area (Å²) in [6, 6.07) is 4.23. The molecule has 1 saturated heterocycles. The van der Waals surface area contributed by atoms with E-state index in [4.69, 9.17) is 16.7 Å². The van der Waals surface area contributed by atoms with Gasteiger partial charge in [-0.1, -0.05) is 18.5 Å². The standard InChI is InChI=1S/C12H13ClN2O4/c1-7-5-14(6-9(7)12(16)17)11-3-2-8(15(18)19)4-10(11)13/h2-4,7,9H,5-6H2,1H3,(H,16,17)/t7-,9-/m1/s1. The fourth-order valence-corrected chi connectivity index (χ4v) is 2.65. The Balaban J connectivity index is 2.24. The highest BCUT2D eigenvalue weighted by Crippen LogP contribution is 2.34. The van der Waals surface area contributed by atoms with Gasteiger partial charge < -0.3 is 10.0 Å². The van der Waals surface area contributed by atoms with Crippen LogP contribution in [0.3, 0.4) is 0 Å². The molecule has 0 radical (unpaired) electrons. The van der Waals surface area contributed by atoms with Crippen molar-refractivity contribution in [1.29, 1.82) is 0 Å². The van der Waals surface area contributed by atoms with Gasteiger partial charge in [0.05, 0.1) is 21.6 Å². The number of halogens is 1. The highest BCUT2D eigenvalue weighted by molar-refractivity contribution is 6.33. The minimum absolute atomic E-state index is 0.0174. The number of carboxylic acids is 1. The Morgan fingerprint density at radius 2 is 2.21 bits per heavy atom. The molecule has 1 N–H and O–H groups in total. The maximum Gasteiger partial charge on any atom is 0.308 e. The third-order valence-corrected chi connectivity index (χ3v) is 3.72. The van der Waals surface area contributed by atoms with Gasteiger partial charge in [-0.15, -0.1) is 0 Å². The Kier molecular flexibility index (Phi) is 3.61. The molecule has 1 aliphatic rings. The minimum atomic E-state index is -0.826. The van der Waals surface area contributed by atoms with Gasteiger partial charge in [-0.2, -0.15) is 0 Å². The van der Waals surface area contributed by atoms with Crippen molar-refractivity contribution in [2.75, 3.05) is 18.0 Å². The molecule has 102 valence electrons. The van der Waals surface area contributed by atoms with E-state index in [0.29, 0.717) is 18.8 Å². The first kappa shape index (κ1) is 13.6. The van der Waals surface area contributed by atoms with Gasteiger partial charge in [-0.3, -0.25) is 14.9 Å². The minimum Gasteiger partial charge on any atom is -0.481 e. The third kappa shape index (κ3) is 2.63. The first-order valence-corrected chi connectivity index (χ1v) is 6.19. The second kappa shape index (κ2) is 5.05. The number of rotatable bonds is 3. The predicted molar refractivity (Wildman–Crippen MR) is 70.6 cm³/mol. The Morgan fingerprint density at radius 1 is 1.53 bits per heavy atom. The lowest BCUT2D eigenvalue weighted by Gasteiger charge is -2.19. The molecule has 0 aromatic heterocycles. The number of hydrogen-bond donors (Lipinski definition) is 1. The van der Waals surface area contributed by atoms with Crippen LogP contribution in [0.1, 0.15) is 6.92 Å². The van der Waals surface area contributed by atoms with Crippen molar-refractivity contribution in [1.82, 2.24) is 0 Å². The zero-order chi connectivity index (χ0) is 14.2. The Bertz CT molecular complexity index is 534. The van der Waals surface area contributed by atoms with Crippen LogP contribution >= 0.6 is 11.6 Å². The van der Waals surface area contributed by atoms with E-state index in [1.807, 2.05) is 11.8 Å². The summed E-state index contributed by atoms with van der Waals surface area (Å²) in [4.78, 5) is 23.0. The molecule has 7 heteroatoms. The monoisotopic (exact) mass is 284 g/mol. The van der Waals surface area contributed by atoms with Crippen LogP contribution in [-0.4, -0.2) is 29.1 Å². The topological polar surface area (TPSA) is 83.7 Å². The molecular weight excluding hydrogens is 272 g/mol. The highest BCUT2D eigenvalue weighted by atomic mass is 35.5. The van der Waals surface area contributed by atoms with Crippen LogP contribution < -0.4 is 4.90 Å². The van der Waals surface area contributed by atoms with Crippen LogP contribution in [-0.2, 0) is 4.79 Å². The lowest BCUT2D eigenvalue weighted by molar-refractivity contribution is -0.384. The summed E-state index contributed by atoms with van der Waals surface area (Å²) in [6.07, 6.45) is 0. The second-order valence-corrected chi connectivity index (χ2v) is 5.13. The van der Waals surface area contributed by atoms with Gasteiger partial charge in [0, 0.05) is 25.2 Å². The molecule has 1 aromatic rings. The van der Waals surface area contributed by atoms with E-state index in [0.717, 1.165) is 0 Å². The summed E-state index contributed by atoms with van der Waals surface area (Å²) in [6.45, 7) is 2.82. The lowest BCUT2D eigenvalue weighted by atomic mass is 9.99. The molecule has 0 bridgehead atoms. The molecule has 0 aliphatic carbocycles. The smallest absolute Gasteiger partial charge is 0.308 e. The average molecular weight is 285 g/mol. The van der Waals surface area contributed by atoms with Crippen LogP contribution in [0.5, 0.6) is 0 Å². The van der Waals surface area contributed by atoms with Crippen molar-refractivity contribution in [2.24, 2.45) is 11.8 Å². The Morgan fingerprint density at radius 3 is 2.68 bits per heavy atom. The summed E-state index contributed by atoms with van der Waals surface area (Å²) in [5.74, 6) is -1.25. The first-order chi connectivity index (χ1) is 8.90. The van der Waals surface area contributed by atoms with Crippen LogP contribution in [0.2, 0.25) is 5.02 Å². The number of aliphatic carboxylic acids is 1.